The Kier molecular flexibility index (Phi) is 8.18. The Morgan fingerprint density at radius 3 is 2.03 bits per heavy atom. The van der Waals surface area contributed by atoms with Crippen molar-refractivity contribution in [3.63, 3.8) is 0 Å². The smallest absolute Gasteiger partial charge is 0.253 e. The maximum Gasteiger partial charge on any atom is 0.253 e. The maximum atomic E-state index is 12.8. The molecule has 3 aromatic carbocycles. The second kappa shape index (κ2) is 11.5. The van der Waals surface area contributed by atoms with E-state index in [2.05, 4.69) is 16.0 Å². The Balaban J connectivity index is 1.52. The van der Waals surface area contributed by atoms with Gasteiger partial charge in [0.15, 0.2) is 0 Å². The van der Waals surface area contributed by atoms with E-state index < -0.39 is 0 Å². The van der Waals surface area contributed by atoms with Crippen molar-refractivity contribution in [1.29, 1.82) is 0 Å². The van der Waals surface area contributed by atoms with Crippen LogP contribution in [0, 0.1) is 0 Å². The van der Waals surface area contributed by atoms with Crippen LogP contribution < -0.4 is 16.0 Å². The minimum absolute atomic E-state index is 0.0474. The van der Waals surface area contributed by atoms with Crippen molar-refractivity contribution >= 4 is 34.8 Å². The molecule has 33 heavy (non-hydrogen) atoms. The van der Waals surface area contributed by atoms with E-state index in [1.54, 1.807) is 61.3 Å². The Hall–Kier alpha value is -4.13. The molecule has 0 aliphatic carbocycles. The topological polar surface area (TPSA) is 90.5 Å². The molecule has 0 saturated carbocycles. The molecule has 3 N–H and O–H groups in total. The van der Waals surface area contributed by atoms with E-state index in [-0.39, 0.29) is 24.3 Å². The van der Waals surface area contributed by atoms with Crippen LogP contribution in [0.25, 0.3) is 0 Å². The zero-order valence-corrected chi connectivity index (χ0v) is 18.8. The average Bonchev–Trinajstić information content (AvgIpc) is 2.84. The number of hydrogen-bond acceptors (Lipinski definition) is 4. The third kappa shape index (κ3) is 7.21. The first-order valence-electron chi connectivity index (χ1n) is 10.8. The molecule has 0 heterocycles. The van der Waals surface area contributed by atoms with Crippen molar-refractivity contribution in [3.8, 4) is 0 Å². The van der Waals surface area contributed by atoms with Crippen molar-refractivity contribution in [3.05, 3.63) is 90.0 Å². The van der Waals surface area contributed by atoms with Crippen LogP contribution in [0.3, 0.4) is 0 Å². The van der Waals surface area contributed by atoms with Gasteiger partial charge in [-0.2, -0.15) is 0 Å². The van der Waals surface area contributed by atoms with Gasteiger partial charge in [0.25, 0.3) is 5.91 Å². The first-order chi connectivity index (χ1) is 15.9. The molecule has 0 aliphatic rings. The molecule has 7 nitrogen and oxygen atoms in total. The predicted octanol–water partition coefficient (Wildman–Crippen LogP) is 4.36. The van der Waals surface area contributed by atoms with Gasteiger partial charge in [-0.3, -0.25) is 14.4 Å². The van der Waals surface area contributed by atoms with Gasteiger partial charge in [0, 0.05) is 42.6 Å². The van der Waals surface area contributed by atoms with Crippen molar-refractivity contribution < 1.29 is 14.4 Å². The summed E-state index contributed by atoms with van der Waals surface area (Å²) in [5.41, 5.74) is 3.59. The fourth-order valence-corrected chi connectivity index (χ4v) is 3.19. The standard InChI is InChI=1S/C26H28N4O3/c1-3-24(31)28-21-12-14-22(15-13-21)29-25(32)17-27-23-11-7-10-20(16-23)26(33)30(2)18-19-8-5-4-6-9-19/h4-16,27H,3,17-18H2,1-2H3,(H,28,31)(H,29,32). The van der Waals surface area contributed by atoms with Crippen LogP contribution in [0.15, 0.2) is 78.9 Å². The van der Waals surface area contributed by atoms with Gasteiger partial charge in [0.05, 0.1) is 6.54 Å². The lowest BCUT2D eigenvalue weighted by Crippen LogP contribution is -2.26. The number of benzene rings is 3. The molecular formula is C26H28N4O3. The fraction of sp³-hybridized carbons (Fsp3) is 0.192. The molecule has 7 heteroatoms. The van der Waals surface area contributed by atoms with Gasteiger partial charge in [-0.05, 0) is 48.0 Å². The van der Waals surface area contributed by atoms with Crippen LogP contribution in [-0.4, -0.2) is 36.2 Å². The number of anilines is 3. The summed E-state index contributed by atoms with van der Waals surface area (Å²) in [5, 5.41) is 8.61. The average molecular weight is 445 g/mol. The second-order valence-electron chi connectivity index (χ2n) is 7.61. The molecule has 3 rings (SSSR count). The quantitative estimate of drug-likeness (QED) is 0.457. The van der Waals surface area contributed by atoms with Crippen molar-refractivity contribution in [2.75, 3.05) is 29.5 Å². The zero-order chi connectivity index (χ0) is 23.6. The molecule has 0 radical (unpaired) electrons. The summed E-state index contributed by atoms with van der Waals surface area (Å²) in [6.07, 6.45) is 0.403. The Labute approximate surface area is 193 Å². The Morgan fingerprint density at radius 2 is 1.39 bits per heavy atom. The van der Waals surface area contributed by atoms with Gasteiger partial charge in [0.1, 0.15) is 0 Å². The van der Waals surface area contributed by atoms with Crippen LogP contribution in [0.4, 0.5) is 17.1 Å². The van der Waals surface area contributed by atoms with E-state index in [9.17, 15) is 14.4 Å². The summed E-state index contributed by atoms with van der Waals surface area (Å²) >= 11 is 0. The first kappa shape index (κ1) is 23.5. The first-order valence-corrected chi connectivity index (χ1v) is 10.8. The molecule has 3 aromatic rings. The van der Waals surface area contributed by atoms with Gasteiger partial charge >= 0.3 is 0 Å². The number of nitrogens with zero attached hydrogens (tertiary/aromatic N) is 1. The highest BCUT2D eigenvalue weighted by Gasteiger charge is 2.13. The van der Waals surface area contributed by atoms with Crippen LogP contribution in [-0.2, 0) is 16.1 Å². The highest BCUT2D eigenvalue weighted by Crippen LogP contribution is 2.15. The Bertz CT molecular complexity index is 1100. The molecule has 0 saturated heterocycles. The molecule has 3 amide bonds. The van der Waals surface area contributed by atoms with Crippen LogP contribution in [0.2, 0.25) is 0 Å². The number of carbonyl (C=O) groups excluding carboxylic acids is 3. The largest absolute Gasteiger partial charge is 0.376 e. The van der Waals surface area contributed by atoms with E-state index in [0.29, 0.717) is 35.6 Å². The van der Waals surface area contributed by atoms with E-state index in [0.717, 1.165) is 5.56 Å². The highest BCUT2D eigenvalue weighted by molar-refractivity contribution is 5.96. The highest BCUT2D eigenvalue weighted by atomic mass is 16.2. The molecule has 0 aliphatic heterocycles. The third-order valence-corrected chi connectivity index (χ3v) is 4.95. The number of rotatable bonds is 9. The molecule has 0 aromatic heterocycles. The summed E-state index contributed by atoms with van der Waals surface area (Å²) in [5.74, 6) is -0.386. The number of carbonyl (C=O) groups is 3. The number of nitrogens with one attached hydrogen (secondary N) is 3. The van der Waals surface area contributed by atoms with Gasteiger partial charge < -0.3 is 20.9 Å². The van der Waals surface area contributed by atoms with Crippen molar-refractivity contribution in [2.24, 2.45) is 0 Å². The fourth-order valence-electron chi connectivity index (χ4n) is 3.19. The molecule has 0 spiro atoms. The van der Waals surface area contributed by atoms with E-state index >= 15 is 0 Å². The van der Waals surface area contributed by atoms with E-state index in [1.807, 2.05) is 36.4 Å². The van der Waals surface area contributed by atoms with Crippen molar-refractivity contribution in [1.82, 2.24) is 4.90 Å². The monoisotopic (exact) mass is 444 g/mol. The van der Waals surface area contributed by atoms with Crippen LogP contribution in [0.5, 0.6) is 0 Å². The lowest BCUT2D eigenvalue weighted by Gasteiger charge is -2.18. The van der Waals surface area contributed by atoms with E-state index in [1.165, 1.54) is 0 Å². The lowest BCUT2D eigenvalue weighted by atomic mass is 10.1. The zero-order valence-electron chi connectivity index (χ0n) is 18.8. The van der Waals surface area contributed by atoms with Gasteiger partial charge in [-0.15, -0.1) is 0 Å². The summed E-state index contributed by atoms with van der Waals surface area (Å²) < 4.78 is 0. The molecule has 170 valence electrons. The molecule has 0 fully saturated rings. The van der Waals surface area contributed by atoms with Crippen LogP contribution >= 0.6 is 0 Å². The van der Waals surface area contributed by atoms with E-state index in [4.69, 9.17) is 0 Å². The third-order valence-electron chi connectivity index (χ3n) is 4.95. The van der Waals surface area contributed by atoms with Gasteiger partial charge in [-0.1, -0.05) is 43.3 Å². The maximum absolute atomic E-state index is 12.8. The molecular weight excluding hydrogens is 416 g/mol. The van der Waals surface area contributed by atoms with Gasteiger partial charge in [0.2, 0.25) is 11.8 Å². The number of hydrogen-bond donors (Lipinski definition) is 3. The minimum Gasteiger partial charge on any atom is -0.376 e. The predicted molar refractivity (Wildman–Crippen MR) is 131 cm³/mol. The van der Waals surface area contributed by atoms with Crippen molar-refractivity contribution in [2.45, 2.75) is 19.9 Å². The normalized spacial score (nSPS) is 10.2. The van der Waals surface area contributed by atoms with Gasteiger partial charge in [-0.25, -0.2) is 0 Å². The summed E-state index contributed by atoms with van der Waals surface area (Å²) in [7, 11) is 1.77. The SMILES string of the molecule is CCC(=O)Nc1ccc(NC(=O)CNc2cccc(C(=O)N(C)Cc3ccccc3)c2)cc1. The summed E-state index contributed by atoms with van der Waals surface area (Å²) in [6, 6.07) is 23.8. The lowest BCUT2D eigenvalue weighted by molar-refractivity contribution is -0.116. The molecule has 0 bridgehead atoms. The minimum atomic E-state index is -0.224. The summed E-state index contributed by atoms with van der Waals surface area (Å²) in [6.45, 7) is 2.35. The second-order valence-corrected chi connectivity index (χ2v) is 7.61. The molecule has 0 unspecified atom stereocenters. The summed E-state index contributed by atoms with van der Waals surface area (Å²) in [4.78, 5) is 38.2. The molecule has 0 atom stereocenters. The Morgan fingerprint density at radius 1 is 0.758 bits per heavy atom. The van der Waals surface area contributed by atoms with Crippen LogP contribution in [0.1, 0.15) is 29.3 Å². The number of amides is 3.